The molecule has 0 unspecified atom stereocenters. The molecule has 1 fully saturated rings. The predicted molar refractivity (Wildman–Crippen MR) is 129 cm³/mol. The molecular formula is C25H27N3O5S. The van der Waals surface area contributed by atoms with E-state index in [1.807, 2.05) is 0 Å². The minimum atomic E-state index is -3.61. The molecule has 2 amide bonds. The number of anilines is 2. The molecule has 2 aromatic carbocycles. The molecule has 1 aromatic heterocycles. The van der Waals surface area contributed by atoms with Gasteiger partial charge in [-0.2, -0.15) is 4.31 Å². The summed E-state index contributed by atoms with van der Waals surface area (Å²) in [6, 6.07) is 15.8. The number of hydrogen-bond donors (Lipinski definition) is 2. The monoisotopic (exact) mass is 481 g/mol. The molecule has 0 radical (unpaired) electrons. The van der Waals surface area contributed by atoms with Crippen LogP contribution in [0.5, 0.6) is 0 Å². The molecule has 0 atom stereocenters. The van der Waals surface area contributed by atoms with E-state index < -0.39 is 10.0 Å². The lowest BCUT2D eigenvalue weighted by atomic mass is 9.96. The van der Waals surface area contributed by atoms with Crippen molar-refractivity contribution in [3.8, 4) is 0 Å². The lowest BCUT2D eigenvalue weighted by molar-refractivity contribution is 0.0994. The zero-order valence-corrected chi connectivity index (χ0v) is 19.7. The maximum absolute atomic E-state index is 13.0. The number of amides is 2. The molecule has 1 saturated carbocycles. The van der Waals surface area contributed by atoms with Gasteiger partial charge in [-0.3, -0.25) is 9.59 Å². The number of benzene rings is 2. The second-order valence-corrected chi connectivity index (χ2v) is 10.3. The molecule has 3 aromatic rings. The van der Waals surface area contributed by atoms with Crippen molar-refractivity contribution in [2.45, 2.75) is 43.0 Å². The minimum absolute atomic E-state index is 0.0218. The summed E-state index contributed by atoms with van der Waals surface area (Å²) in [5.74, 6) is -0.532. The van der Waals surface area contributed by atoms with Gasteiger partial charge in [0.05, 0.1) is 11.2 Å². The van der Waals surface area contributed by atoms with E-state index in [0.717, 1.165) is 32.1 Å². The van der Waals surface area contributed by atoms with E-state index in [1.54, 1.807) is 43.4 Å². The van der Waals surface area contributed by atoms with Crippen molar-refractivity contribution in [1.29, 1.82) is 0 Å². The van der Waals surface area contributed by atoms with Gasteiger partial charge in [0.15, 0.2) is 5.76 Å². The van der Waals surface area contributed by atoms with Crippen LogP contribution in [0.1, 0.15) is 53.0 Å². The van der Waals surface area contributed by atoms with Gasteiger partial charge in [0.1, 0.15) is 0 Å². The van der Waals surface area contributed by atoms with E-state index in [4.69, 9.17) is 4.42 Å². The highest BCUT2D eigenvalue weighted by molar-refractivity contribution is 7.89. The molecule has 2 N–H and O–H groups in total. The van der Waals surface area contributed by atoms with E-state index in [0.29, 0.717) is 16.9 Å². The van der Waals surface area contributed by atoms with Crippen LogP contribution in [0.25, 0.3) is 0 Å². The number of nitrogens with one attached hydrogen (secondary N) is 2. The standard InChI is InChI=1S/C25H27N3O5S/c1-28(21-6-3-2-4-7-21)34(31,32)22-15-9-18(10-16-22)24(29)26-19-11-13-20(14-12-19)27-25(30)23-8-5-17-33-23/h5,8-17,21H,2-4,6-7H2,1H3,(H,26,29)(H,27,30). The lowest BCUT2D eigenvalue weighted by Gasteiger charge is -2.30. The first kappa shape index (κ1) is 23.7. The maximum atomic E-state index is 13.0. The number of hydrogen-bond acceptors (Lipinski definition) is 5. The Balaban J connectivity index is 1.37. The van der Waals surface area contributed by atoms with Crippen molar-refractivity contribution >= 4 is 33.2 Å². The molecule has 0 saturated heterocycles. The van der Waals surface area contributed by atoms with Crippen LogP contribution in [-0.4, -0.2) is 37.6 Å². The number of nitrogens with zero attached hydrogens (tertiary/aromatic N) is 1. The van der Waals surface area contributed by atoms with Crippen LogP contribution in [0.4, 0.5) is 11.4 Å². The van der Waals surface area contributed by atoms with Crippen LogP contribution in [0.15, 0.2) is 76.2 Å². The van der Waals surface area contributed by atoms with E-state index in [9.17, 15) is 18.0 Å². The third-order valence-electron chi connectivity index (χ3n) is 6.03. The first-order valence-electron chi connectivity index (χ1n) is 11.2. The fourth-order valence-electron chi connectivity index (χ4n) is 4.03. The van der Waals surface area contributed by atoms with Gasteiger partial charge in [0.2, 0.25) is 10.0 Å². The highest BCUT2D eigenvalue weighted by atomic mass is 32.2. The Hall–Kier alpha value is -3.43. The van der Waals surface area contributed by atoms with Crippen LogP contribution in [-0.2, 0) is 10.0 Å². The summed E-state index contributed by atoms with van der Waals surface area (Å²) in [5, 5.41) is 5.47. The zero-order valence-electron chi connectivity index (χ0n) is 18.9. The van der Waals surface area contributed by atoms with Gasteiger partial charge in [-0.15, -0.1) is 0 Å². The van der Waals surface area contributed by atoms with Crippen molar-refractivity contribution in [3.63, 3.8) is 0 Å². The molecule has 4 rings (SSSR count). The highest BCUT2D eigenvalue weighted by Gasteiger charge is 2.29. The second-order valence-electron chi connectivity index (χ2n) is 8.30. The Kier molecular flexibility index (Phi) is 7.14. The van der Waals surface area contributed by atoms with Crippen molar-refractivity contribution in [1.82, 2.24) is 4.31 Å². The second kappa shape index (κ2) is 10.2. The van der Waals surface area contributed by atoms with Crippen molar-refractivity contribution < 1.29 is 22.4 Å². The molecule has 1 aliphatic carbocycles. The van der Waals surface area contributed by atoms with E-state index in [-0.39, 0.29) is 28.5 Å². The molecule has 1 heterocycles. The van der Waals surface area contributed by atoms with Gasteiger partial charge < -0.3 is 15.1 Å². The topological polar surface area (TPSA) is 109 Å². The van der Waals surface area contributed by atoms with E-state index in [2.05, 4.69) is 10.6 Å². The summed E-state index contributed by atoms with van der Waals surface area (Å²) < 4.78 is 32.5. The Labute approximate surface area is 199 Å². The Morgan fingerprint density at radius 1 is 0.853 bits per heavy atom. The Bertz CT molecular complexity index is 1230. The van der Waals surface area contributed by atoms with E-state index >= 15 is 0 Å². The van der Waals surface area contributed by atoms with Crippen molar-refractivity contribution in [2.75, 3.05) is 17.7 Å². The summed E-state index contributed by atoms with van der Waals surface area (Å²) in [7, 11) is -1.98. The fourth-order valence-corrected chi connectivity index (χ4v) is 5.44. The van der Waals surface area contributed by atoms with Gasteiger partial charge in [-0.05, 0) is 73.5 Å². The number of rotatable bonds is 7. The van der Waals surface area contributed by atoms with Gasteiger partial charge in [-0.25, -0.2) is 8.42 Å². The first-order chi connectivity index (χ1) is 16.3. The van der Waals surface area contributed by atoms with Crippen LogP contribution < -0.4 is 10.6 Å². The maximum Gasteiger partial charge on any atom is 0.291 e. The van der Waals surface area contributed by atoms with Crippen molar-refractivity contribution in [2.24, 2.45) is 0 Å². The highest BCUT2D eigenvalue weighted by Crippen LogP contribution is 2.26. The van der Waals surface area contributed by atoms with Crippen LogP contribution in [0.2, 0.25) is 0 Å². The van der Waals surface area contributed by atoms with Gasteiger partial charge >= 0.3 is 0 Å². The molecule has 178 valence electrons. The number of sulfonamides is 1. The molecule has 34 heavy (non-hydrogen) atoms. The van der Waals surface area contributed by atoms with Crippen LogP contribution in [0.3, 0.4) is 0 Å². The van der Waals surface area contributed by atoms with E-state index in [1.165, 1.54) is 34.8 Å². The van der Waals surface area contributed by atoms with Gasteiger partial charge in [-0.1, -0.05) is 19.3 Å². The molecule has 1 aliphatic rings. The molecule has 0 spiro atoms. The average Bonchev–Trinajstić information content (AvgIpc) is 3.41. The normalized spacial score (nSPS) is 14.6. The number of carbonyl (C=O) groups is 2. The Morgan fingerprint density at radius 2 is 1.44 bits per heavy atom. The summed E-state index contributed by atoms with van der Waals surface area (Å²) in [6.07, 6.45) is 6.41. The molecular weight excluding hydrogens is 454 g/mol. The van der Waals surface area contributed by atoms with Gasteiger partial charge in [0.25, 0.3) is 11.8 Å². The lowest BCUT2D eigenvalue weighted by Crippen LogP contribution is -2.38. The zero-order chi connectivity index (χ0) is 24.1. The molecule has 8 nitrogen and oxygen atoms in total. The van der Waals surface area contributed by atoms with Gasteiger partial charge in [0, 0.05) is 30.0 Å². The predicted octanol–water partition coefficient (Wildman–Crippen LogP) is 4.74. The Morgan fingerprint density at radius 3 is 2.00 bits per heavy atom. The summed E-state index contributed by atoms with van der Waals surface area (Å²) >= 11 is 0. The molecule has 9 heteroatoms. The third-order valence-corrected chi connectivity index (χ3v) is 7.95. The fraction of sp³-hybridized carbons (Fsp3) is 0.280. The third kappa shape index (κ3) is 5.37. The first-order valence-corrected chi connectivity index (χ1v) is 12.6. The molecule has 0 bridgehead atoms. The van der Waals surface area contributed by atoms with Crippen LogP contribution in [0, 0.1) is 0 Å². The van der Waals surface area contributed by atoms with Crippen LogP contribution >= 0.6 is 0 Å². The SMILES string of the molecule is CN(C1CCCCC1)S(=O)(=O)c1ccc(C(=O)Nc2ccc(NC(=O)c3ccco3)cc2)cc1. The number of furan rings is 1. The summed E-state index contributed by atoms with van der Waals surface area (Å²) in [5.41, 5.74) is 1.43. The minimum Gasteiger partial charge on any atom is -0.459 e. The van der Waals surface area contributed by atoms with Crippen molar-refractivity contribution in [3.05, 3.63) is 78.3 Å². The number of carbonyl (C=O) groups excluding carboxylic acids is 2. The summed E-state index contributed by atoms with van der Waals surface area (Å²) in [4.78, 5) is 24.8. The molecule has 0 aliphatic heterocycles. The quantitative estimate of drug-likeness (QED) is 0.507. The summed E-state index contributed by atoms with van der Waals surface area (Å²) in [6.45, 7) is 0. The average molecular weight is 482 g/mol. The largest absolute Gasteiger partial charge is 0.459 e. The smallest absolute Gasteiger partial charge is 0.291 e.